The van der Waals surface area contributed by atoms with Gasteiger partial charge in [-0.15, -0.1) is 0 Å². The molecule has 31 heavy (non-hydrogen) atoms. The maximum Gasteiger partial charge on any atom is 0.170 e. The Labute approximate surface area is 185 Å². The normalized spacial score (nSPS) is 18.2. The van der Waals surface area contributed by atoms with E-state index in [0.717, 1.165) is 22.6 Å². The number of nitrogens with one attached hydrogen (secondary N) is 1. The Hall–Kier alpha value is -3.51. The van der Waals surface area contributed by atoms with Crippen molar-refractivity contribution in [1.29, 1.82) is 0 Å². The maximum atomic E-state index is 13.3. The molecule has 0 bridgehead atoms. The van der Waals surface area contributed by atoms with Crippen molar-refractivity contribution >= 4 is 17.3 Å². The summed E-state index contributed by atoms with van der Waals surface area (Å²) >= 11 is 5.71. The van der Waals surface area contributed by atoms with E-state index in [9.17, 15) is 4.39 Å². The summed E-state index contributed by atoms with van der Waals surface area (Å²) < 4.78 is 19.6. The van der Waals surface area contributed by atoms with E-state index in [1.807, 2.05) is 48.5 Å². The minimum atomic E-state index is -0.273. The molecule has 1 aliphatic rings. The van der Waals surface area contributed by atoms with Gasteiger partial charge in [-0.25, -0.2) is 4.39 Å². The number of thiocarbonyl (C=S) groups is 1. The molecule has 0 saturated carbocycles. The van der Waals surface area contributed by atoms with Gasteiger partial charge in [-0.1, -0.05) is 36.4 Å². The molecule has 0 unspecified atom stereocenters. The van der Waals surface area contributed by atoms with Gasteiger partial charge in [0.05, 0.1) is 11.7 Å². The highest BCUT2D eigenvalue weighted by atomic mass is 32.1. The third kappa shape index (κ3) is 3.94. The fourth-order valence-electron chi connectivity index (χ4n) is 3.95. The lowest BCUT2D eigenvalue weighted by Gasteiger charge is -2.26. The highest BCUT2D eigenvalue weighted by molar-refractivity contribution is 7.80. The largest absolute Gasteiger partial charge is 0.459 e. The summed E-state index contributed by atoms with van der Waals surface area (Å²) in [6, 6.07) is 25.9. The molecule has 2 aromatic carbocycles. The van der Waals surface area contributed by atoms with Gasteiger partial charge in [0, 0.05) is 18.3 Å². The predicted octanol–water partition coefficient (Wildman–Crippen LogP) is 5.65. The molecule has 5 rings (SSSR count). The van der Waals surface area contributed by atoms with Gasteiger partial charge in [0.2, 0.25) is 0 Å². The summed E-state index contributed by atoms with van der Waals surface area (Å²) in [5.41, 5.74) is 2.87. The van der Waals surface area contributed by atoms with Gasteiger partial charge in [0.15, 0.2) is 5.11 Å². The minimum Gasteiger partial charge on any atom is -0.459 e. The second-order valence-electron chi connectivity index (χ2n) is 7.45. The molecule has 154 valence electrons. The van der Waals surface area contributed by atoms with Crippen LogP contribution in [0.4, 0.5) is 4.39 Å². The molecular formula is C25H20FN3OS. The zero-order valence-electron chi connectivity index (χ0n) is 16.6. The van der Waals surface area contributed by atoms with E-state index in [4.69, 9.17) is 16.6 Å². The standard InChI is InChI=1S/C25H20FN3OS/c26-19-11-9-18(10-12-19)21-13-14-22(30-21)24-23(20-8-4-5-15-27-20)28-25(31)29(24)16-17-6-2-1-3-7-17/h1-15,23-24H,16H2,(H,28,31)/t23-,24+/m1/s1. The van der Waals surface area contributed by atoms with E-state index >= 15 is 0 Å². The molecule has 4 nitrogen and oxygen atoms in total. The van der Waals surface area contributed by atoms with Crippen LogP contribution in [-0.4, -0.2) is 15.0 Å². The lowest BCUT2D eigenvalue weighted by molar-refractivity contribution is 0.269. The molecule has 1 aliphatic heterocycles. The van der Waals surface area contributed by atoms with Crippen LogP contribution >= 0.6 is 12.2 Å². The lowest BCUT2D eigenvalue weighted by atomic mass is 10.0. The first-order valence-electron chi connectivity index (χ1n) is 10.1. The first-order chi connectivity index (χ1) is 15.2. The van der Waals surface area contributed by atoms with Gasteiger partial charge in [0.1, 0.15) is 23.4 Å². The third-order valence-corrected chi connectivity index (χ3v) is 5.79. The average Bonchev–Trinajstić information content (AvgIpc) is 3.41. The molecule has 2 aromatic heterocycles. The van der Waals surface area contributed by atoms with Crippen LogP contribution in [0.2, 0.25) is 0 Å². The zero-order chi connectivity index (χ0) is 21.2. The summed E-state index contributed by atoms with van der Waals surface area (Å²) in [6.45, 7) is 0.646. The van der Waals surface area contributed by atoms with Gasteiger partial charge in [-0.05, 0) is 66.3 Å². The van der Waals surface area contributed by atoms with E-state index in [1.165, 1.54) is 12.1 Å². The van der Waals surface area contributed by atoms with Crippen LogP contribution in [0.5, 0.6) is 0 Å². The van der Waals surface area contributed by atoms with Crippen LogP contribution in [0.1, 0.15) is 29.1 Å². The van der Waals surface area contributed by atoms with Gasteiger partial charge in [-0.2, -0.15) is 0 Å². The highest BCUT2D eigenvalue weighted by Crippen LogP contribution is 2.41. The minimum absolute atomic E-state index is 0.148. The first-order valence-corrected chi connectivity index (χ1v) is 10.5. The summed E-state index contributed by atoms with van der Waals surface area (Å²) in [4.78, 5) is 6.69. The van der Waals surface area contributed by atoms with Crippen molar-refractivity contribution in [3.8, 4) is 11.3 Å². The Bertz CT molecular complexity index is 1180. The molecule has 1 saturated heterocycles. The SMILES string of the molecule is Fc1ccc(-c2ccc([C@H]3[C@@H](c4ccccn4)NC(=S)N3Cc3ccccc3)o2)cc1. The fourth-order valence-corrected chi connectivity index (χ4v) is 4.25. The van der Waals surface area contributed by atoms with Gasteiger partial charge in [0.25, 0.3) is 0 Å². The van der Waals surface area contributed by atoms with Gasteiger partial charge in [-0.3, -0.25) is 4.98 Å². The number of hydrogen-bond donors (Lipinski definition) is 1. The van der Waals surface area contributed by atoms with Crippen LogP contribution in [0.25, 0.3) is 11.3 Å². The molecule has 0 aliphatic carbocycles. The van der Waals surface area contributed by atoms with E-state index in [-0.39, 0.29) is 17.9 Å². The second-order valence-corrected chi connectivity index (χ2v) is 7.84. The van der Waals surface area contributed by atoms with E-state index in [0.29, 0.717) is 17.4 Å². The van der Waals surface area contributed by atoms with E-state index < -0.39 is 0 Å². The molecule has 1 N–H and O–H groups in total. The Morgan fingerprint density at radius 2 is 1.71 bits per heavy atom. The topological polar surface area (TPSA) is 41.3 Å². The van der Waals surface area contributed by atoms with Crippen LogP contribution in [0.3, 0.4) is 0 Å². The van der Waals surface area contributed by atoms with Crippen molar-refractivity contribution < 1.29 is 8.81 Å². The summed E-state index contributed by atoms with van der Waals surface area (Å²) in [6.07, 6.45) is 1.78. The fraction of sp³-hybridized carbons (Fsp3) is 0.120. The molecule has 3 heterocycles. The Balaban J connectivity index is 1.53. The van der Waals surface area contributed by atoms with Crippen molar-refractivity contribution in [3.63, 3.8) is 0 Å². The predicted molar refractivity (Wildman–Crippen MR) is 122 cm³/mol. The van der Waals surface area contributed by atoms with Crippen molar-refractivity contribution in [2.24, 2.45) is 0 Å². The molecule has 6 heteroatoms. The monoisotopic (exact) mass is 429 g/mol. The second kappa shape index (κ2) is 8.32. The first kappa shape index (κ1) is 19.5. The molecule has 0 amide bonds. The van der Waals surface area contributed by atoms with Crippen LogP contribution in [0.15, 0.2) is 95.5 Å². The Morgan fingerprint density at radius 1 is 0.935 bits per heavy atom. The highest BCUT2D eigenvalue weighted by Gasteiger charge is 2.41. The quantitative estimate of drug-likeness (QED) is 0.415. The molecule has 2 atom stereocenters. The summed E-state index contributed by atoms with van der Waals surface area (Å²) in [7, 11) is 0. The molecule has 0 radical (unpaired) electrons. The number of pyridine rings is 1. The number of halogens is 1. The zero-order valence-corrected chi connectivity index (χ0v) is 17.4. The Kier molecular flexibility index (Phi) is 5.22. The van der Waals surface area contributed by atoms with E-state index in [2.05, 4.69) is 27.3 Å². The number of hydrogen-bond acceptors (Lipinski definition) is 3. The van der Waals surface area contributed by atoms with Crippen LogP contribution in [0, 0.1) is 5.82 Å². The van der Waals surface area contributed by atoms with Crippen molar-refractivity contribution in [2.75, 3.05) is 0 Å². The van der Waals surface area contributed by atoms with Crippen molar-refractivity contribution in [3.05, 3.63) is 114 Å². The number of aromatic nitrogens is 1. The lowest BCUT2D eigenvalue weighted by Crippen LogP contribution is -2.29. The molecule has 4 aromatic rings. The van der Waals surface area contributed by atoms with Crippen molar-refractivity contribution in [1.82, 2.24) is 15.2 Å². The number of rotatable bonds is 5. The maximum absolute atomic E-state index is 13.3. The van der Waals surface area contributed by atoms with Gasteiger partial charge >= 0.3 is 0 Å². The molecule has 0 spiro atoms. The van der Waals surface area contributed by atoms with Crippen molar-refractivity contribution in [2.45, 2.75) is 18.6 Å². The third-order valence-electron chi connectivity index (χ3n) is 5.44. The van der Waals surface area contributed by atoms with Gasteiger partial charge < -0.3 is 14.6 Å². The van der Waals surface area contributed by atoms with Crippen LogP contribution in [-0.2, 0) is 6.54 Å². The smallest absolute Gasteiger partial charge is 0.170 e. The molecule has 1 fully saturated rings. The van der Waals surface area contributed by atoms with Crippen LogP contribution < -0.4 is 5.32 Å². The summed E-state index contributed by atoms with van der Waals surface area (Å²) in [5, 5.41) is 4.09. The Morgan fingerprint density at radius 3 is 2.45 bits per heavy atom. The summed E-state index contributed by atoms with van der Waals surface area (Å²) in [5.74, 6) is 1.19. The number of furan rings is 1. The molecular weight excluding hydrogens is 409 g/mol. The average molecular weight is 430 g/mol. The number of benzene rings is 2. The van der Waals surface area contributed by atoms with E-state index in [1.54, 1.807) is 18.3 Å². The number of nitrogens with zero attached hydrogens (tertiary/aromatic N) is 2.